The molecular formula is C24H21N5O4S. The maximum Gasteiger partial charge on any atom is 0.270 e. The van der Waals surface area contributed by atoms with Crippen LogP contribution in [0.25, 0.3) is 11.1 Å². The first-order chi connectivity index (χ1) is 16.3. The second-order valence-electron chi connectivity index (χ2n) is 7.48. The van der Waals surface area contributed by atoms with Crippen LogP contribution >= 0.6 is 0 Å². The van der Waals surface area contributed by atoms with E-state index in [4.69, 9.17) is 0 Å². The van der Waals surface area contributed by atoms with Crippen molar-refractivity contribution in [1.82, 2.24) is 9.97 Å². The highest BCUT2D eigenvalue weighted by atomic mass is 32.2. The molecule has 4 rings (SSSR count). The molecule has 172 valence electrons. The van der Waals surface area contributed by atoms with Gasteiger partial charge in [0, 0.05) is 18.3 Å². The third-order valence-corrected chi connectivity index (χ3v) is 6.45. The summed E-state index contributed by atoms with van der Waals surface area (Å²) in [6, 6.07) is 24.2. The molecule has 1 aromatic heterocycles. The Morgan fingerprint density at radius 3 is 2.32 bits per heavy atom. The van der Waals surface area contributed by atoms with Crippen LogP contribution in [0.1, 0.15) is 18.5 Å². The zero-order chi connectivity index (χ0) is 24.1. The SMILES string of the molecule is CC(Nc1nccc(NS(=O)(=O)c2cccc([N+](=O)[O-])c2)n1)c1ccc(-c2ccccc2)cc1. The minimum Gasteiger partial charge on any atom is -0.348 e. The first-order valence-electron chi connectivity index (χ1n) is 10.3. The zero-order valence-electron chi connectivity index (χ0n) is 18.1. The number of rotatable bonds is 8. The first kappa shape index (κ1) is 22.9. The molecule has 34 heavy (non-hydrogen) atoms. The van der Waals surface area contributed by atoms with Crippen LogP contribution in [0.15, 0.2) is 96.0 Å². The van der Waals surface area contributed by atoms with E-state index in [2.05, 4.69) is 20.0 Å². The van der Waals surface area contributed by atoms with Gasteiger partial charge in [0.2, 0.25) is 5.95 Å². The Balaban J connectivity index is 1.47. The molecule has 0 aliphatic carbocycles. The van der Waals surface area contributed by atoms with Gasteiger partial charge >= 0.3 is 0 Å². The van der Waals surface area contributed by atoms with Crippen LogP contribution < -0.4 is 10.0 Å². The predicted octanol–water partition coefficient (Wildman–Crippen LogP) is 5.03. The number of nitro groups is 1. The van der Waals surface area contributed by atoms with Gasteiger partial charge in [0.25, 0.3) is 15.7 Å². The molecule has 0 aliphatic rings. The predicted molar refractivity (Wildman–Crippen MR) is 130 cm³/mol. The Morgan fingerprint density at radius 2 is 1.62 bits per heavy atom. The Morgan fingerprint density at radius 1 is 0.912 bits per heavy atom. The fraction of sp³-hybridized carbons (Fsp3) is 0.0833. The summed E-state index contributed by atoms with van der Waals surface area (Å²) in [6.07, 6.45) is 1.42. The summed E-state index contributed by atoms with van der Waals surface area (Å²) in [4.78, 5) is 18.5. The van der Waals surface area contributed by atoms with E-state index in [0.717, 1.165) is 22.8 Å². The first-order valence-corrected chi connectivity index (χ1v) is 11.8. The van der Waals surface area contributed by atoms with E-state index in [1.54, 1.807) is 0 Å². The minimum atomic E-state index is -4.07. The van der Waals surface area contributed by atoms with Gasteiger partial charge in [0.1, 0.15) is 5.82 Å². The summed E-state index contributed by atoms with van der Waals surface area (Å²) < 4.78 is 27.7. The quantitative estimate of drug-likeness (QED) is 0.270. The molecule has 10 heteroatoms. The van der Waals surface area contributed by atoms with Crippen molar-refractivity contribution in [1.29, 1.82) is 0 Å². The summed E-state index contributed by atoms with van der Waals surface area (Å²) in [5.74, 6) is 0.273. The smallest absolute Gasteiger partial charge is 0.270 e. The molecule has 0 amide bonds. The average Bonchev–Trinajstić information content (AvgIpc) is 2.85. The van der Waals surface area contributed by atoms with E-state index in [0.29, 0.717) is 0 Å². The van der Waals surface area contributed by atoms with Gasteiger partial charge in [-0.1, -0.05) is 60.7 Å². The van der Waals surface area contributed by atoms with Gasteiger partial charge < -0.3 is 5.32 Å². The summed E-state index contributed by atoms with van der Waals surface area (Å²) in [5, 5.41) is 14.1. The second-order valence-corrected chi connectivity index (χ2v) is 9.16. The number of anilines is 2. The Labute approximate surface area is 196 Å². The molecule has 1 unspecified atom stereocenters. The minimum absolute atomic E-state index is 0.0376. The van der Waals surface area contributed by atoms with E-state index < -0.39 is 14.9 Å². The molecule has 0 spiro atoms. The molecule has 0 bridgehead atoms. The molecule has 0 fully saturated rings. The molecule has 0 saturated heterocycles. The number of non-ortho nitro benzene ring substituents is 1. The number of aromatic nitrogens is 2. The topological polar surface area (TPSA) is 127 Å². The highest BCUT2D eigenvalue weighted by Crippen LogP contribution is 2.24. The number of sulfonamides is 1. The van der Waals surface area contributed by atoms with Gasteiger partial charge in [-0.2, -0.15) is 4.98 Å². The van der Waals surface area contributed by atoms with Crippen molar-refractivity contribution in [3.63, 3.8) is 0 Å². The van der Waals surface area contributed by atoms with E-state index in [1.807, 2.05) is 61.5 Å². The van der Waals surface area contributed by atoms with Gasteiger partial charge in [-0.15, -0.1) is 0 Å². The monoisotopic (exact) mass is 475 g/mol. The number of hydrogen-bond acceptors (Lipinski definition) is 7. The Hall–Kier alpha value is -4.31. The maximum atomic E-state index is 12.7. The lowest BCUT2D eigenvalue weighted by Crippen LogP contribution is -2.15. The van der Waals surface area contributed by atoms with E-state index in [-0.39, 0.29) is 28.4 Å². The summed E-state index contributed by atoms with van der Waals surface area (Å²) in [6.45, 7) is 1.95. The highest BCUT2D eigenvalue weighted by Gasteiger charge is 2.19. The number of hydrogen-bond donors (Lipinski definition) is 2. The average molecular weight is 476 g/mol. The van der Waals surface area contributed by atoms with Crippen LogP contribution in [-0.2, 0) is 10.0 Å². The lowest BCUT2D eigenvalue weighted by Gasteiger charge is -2.15. The lowest BCUT2D eigenvalue weighted by atomic mass is 10.0. The largest absolute Gasteiger partial charge is 0.348 e. The van der Waals surface area contributed by atoms with E-state index in [9.17, 15) is 18.5 Å². The van der Waals surface area contributed by atoms with Gasteiger partial charge in [-0.3, -0.25) is 14.8 Å². The molecule has 1 heterocycles. The van der Waals surface area contributed by atoms with Gasteiger partial charge in [0.05, 0.1) is 15.9 Å². The Kier molecular flexibility index (Phi) is 6.51. The van der Waals surface area contributed by atoms with E-state index in [1.165, 1.54) is 30.5 Å². The van der Waals surface area contributed by atoms with Crippen molar-refractivity contribution >= 4 is 27.5 Å². The molecule has 1 atom stereocenters. The third kappa shape index (κ3) is 5.36. The third-order valence-electron chi connectivity index (χ3n) is 5.10. The highest BCUT2D eigenvalue weighted by molar-refractivity contribution is 7.92. The second kappa shape index (κ2) is 9.67. The van der Waals surface area contributed by atoms with Crippen LogP contribution in [0.2, 0.25) is 0 Å². The van der Waals surface area contributed by atoms with Crippen molar-refractivity contribution < 1.29 is 13.3 Å². The number of nitrogens with zero attached hydrogens (tertiary/aromatic N) is 3. The lowest BCUT2D eigenvalue weighted by molar-refractivity contribution is -0.385. The van der Waals surface area contributed by atoms with Gasteiger partial charge in [-0.05, 0) is 35.7 Å². The standard InChI is InChI=1S/C24H21N5O4S/c1-17(18-10-12-20(13-11-18)19-6-3-2-4-7-19)26-24-25-15-14-23(27-24)28-34(32,33)22-9-5-8-21(16-22)29(30)31/h2-17H,1H3,(H2,25,26,27,28). The van der Waals surface area contributed by atoms with Crippen LogP contribution in [0.4, 0.5) is 17.5 Å². The molecule has 0 radical (unpaired) electrons. The maximum absolute atomic E-state index is 12.7. The fourth-order valence-electron chi connectivity index (χ4n) is 3.32. The molecule has 9 nitrogen and oxygen atoms in total. The number of nitrogens with one attached hydrogen (secondary N) is 2. The van der Waals surface area contributed by atoms with Crippen LogP contribution in [0, 0.1) is 10.1 Å². The van der Waals surface area contributed by atoms with Crippen LogP contribution in [0.3, 0.4) is 0 Å². The summed E-state index contributed by atoms with van der Waals surface area (Å²) in [5.41, 5.74) is 2.91. The van der Waals surface area contributed by atoms with Crippen molar-refractivity contribution in [2.75, 3.05) is 10.0 Å². The zero-order valence-corrected chi connectivity index (χ0v) is 18.9. The number of benzene rings is 3. The molecule has 4 aromatic rings. The molecular weight excluding hydrogens is 454 g/mol. The van der Waals surface area contributed by atoms with E-state index >= 15 is 0 Å². The molecule has 3 aromatic carbocycles. The van der Waals surface area contributed by atoms with Gasteiger partial charge in [0.15, 0.2) is 0 Å². The molecule has 2 N–H and O–H groups in total. The van der Waals surface area contributed by atoms with Crippen LogP contribution in [-0.4, -0.2) is 23.3 Å². The van der Waals surface area contributed by atoms with Crippen LogP contribution in [0.5, 0.6) is 0 Å². The Bertz CT molecular complexity index is 1410. The van der Waals surface area contributed by atoms with Crippen molar-refractivity contribution in [2.24, 2.45) is 0 Å². The van der Waals surface area contributed by atoms with Gasteiger partial charge in [-0.25, -0.2) is 13.4 Å². The summed E-state index contributed by atoms with van der Waals surface area (Å²) in [7, 11) is -4.07. The number of nitro benzene ring substituents is 1. The van der Waals surface area contributed by atoms with Crippen molar-refractivity contribution in [3.8, 4) is 11.1 Å². The van der Waals surface area contributed by atoms with Crippen molar-refractivity contribution in [3.05, 3.63) is 107 Å². The molecule has 0 aliphatic heterocycles. The molecule has 0 saturated carbocycles. The normalized spacial score (nSPS) is 12.0. The van der Waals surface area contributed by atoms with Crippen molar-refractivity contribution in [2.45, 2.75) is 17.9 Å². The fourth-order valence-corrected chi connectivity index (χ4v) is 4.36. The summed E-state index contributed by atoms with van der Waals surface area (Å²) >= 11 is 0.